The van der Waals surface area contributed by atoms with Crippen molar-refractivity contribution in [1.29, 1.82) is 0 Å². The fourth-order valence-corrected chi connectivity index (χ4v) is 3.00. The molecule has 112 valence electrons. The molecule has 2 atom stereocenters. The molecule has 0 radical (unpaired) electrons. The molecule has 2 unspecified atom stereocenters. The fourth-order valence-electron chi connectivity index (χ4n) is 3.00. The lowest BCUT2D eigenvalue weighted by Gasteiger charge is -2.17. The average Bonchev–Trinajstić information content (AvgIpc) is 2.97. The first-order chi connectivity index (χ1) is 9.79. The van der Waals surface area contributed by atoms with E-state index < -0.39 is 0 Å². The molecule has 1 fully saturated rings. The number of hydrogen-bond donors (Lipinski definition) is 2. The van der Waals surface area contributed by atoms with E-state index in [9.17, 15) is 0 Å². The Hall–Kier alpha value is -0.900. The number of benzene rings is 1. The fraction of sp³-hybridized carbons (Fsp3) is 0.647. The van der Waals surface area contributed by atoms with Crippen LogP contribution in [0.4, 0.5) is 0 Å². The van der Waals surface area contributed by atoms with Gasteiger partial charge in [0.1, 0.15) is 0 Å². The number of nitrogens with one attached hydrogen (secondary N) is 1. The zero-order valence-electron chi connectivity index (χ0n) is 12.6. The van der Waals surface area contributed by atoms with Gasteiger partial charge in [-0.3, -0.25) is 11.3 Å². The second-order valence-electron chi connectivity index (χ2n) is 5.89. The Morgan fingerprint density at radius 1 is 1.35 bits per heavy atom. The van der Waals surface area contributed by atoms with Crippen molar-refractivity contribution in [3.05, 3.63) is 35.4 Å². The van der Waals surface area contributed by atoms with Crippen LogP contribution in [0, 0.1) is 6.92 Å². The number of aryl methyl sites for hydroxylation is 2. The number of ether oxygens (including phenoxy) is 1. The maximum atomic E-state index is 5.69. The summed E-state index contributed by atoms with van der Waals surface area (Å²) < 4.78 is 5.66. The summed E-state index contributed by atoms with van der Waals surface area (Å²) >= 11 is 0. The second-order valence-corrected chi connectivity index (χ2v) is 5.89. The van der Waals surface area contributed by atoms with Crippen LogP contribution in [-0.4, -0.2) is 18.8 Å². The van der Waals surface area contributed by atoms with Crippen LogP contribution in [0.25, 0.3) is 0 Å². The van der Waals surface area contributed by atoms with Gasteiger partial charge in [0.05, 0.1) is 6.10 Å². The Bertz CT molecular complexity index is 388. The molecule has 3 heteroatoms. The summed E-state index contributed by atoms with van der Waals surface area (Å²) in [4.78, 5) is 0. The van der Waals surface area contributed by atoms with E-state index in [1.54, 1.807) is 0 Å². The molecular weight excluding hydrogens is 248 g/mol. The van der Waals surface area contributed by atoms with Crippen LogP contribution in [0.2, 0.25) is 0 Å². The molecule has 3 N–H and O–H groups in total. The van der Waals surface area contributed by atoms with Crippen molar-refractivity contribution in [2.45, 2.75) is 64.0 Å². The van der Waals surface area contributed by atoms with Crippen LogP contribution in [-0.2, 0) is 11.2 Å². The summed E-state index contributed by atoms with van der Waals surface area (Å²) in [6.07, 6.45) is 8.71. The first kappa shape index (κ1) is 15.5. The Labute approximate surface area is 122 Å². The van der Waals surface area contributed by atoms with Crippen LogP contribution in [0.1, 0.15) is 49.7 Å². The highest BCUT2D eigenvalue weighted by molar-refractivity contribution is 5.25. The number of nitrogens with two attached hydrogens (primary N) is 1. The van der Waals surface area contributed by atoms with Crippen molar-refractivity contribution in [2.24, 2.45) is 5.84 Å². The van der Waals surface area contributed by atoms with Gasteiger partial charge in [-0.2, -0.15) is 0 Å². The number of hydrogen-bond acceptors (Lipinski definition) is 3. The minimum atomic E-state index is 0.413. The first-order valence-corrected chi connectivity index (χ1v) is 7.92. The molecule has 2 rings (SSSR count). The molecule has 0 amide bonds. The maximum Gasteiger partial charge on any atom is 0.0576 e. The smallest absolute Gasteiger partial charge is 0.0576 e. The minimum Gasteiger partial charge on any atom is -0.378 e. The van der Waals surface area contributed by atoms with E-state index in [-0.39, 0.29) is 0 Å². The molecule has 1 aliphatic heterocycles. The van der Waals surface area contributed by atoms with E-state index in [0.717, 1.165) is 25.9 Å². The topological polar surface area (TPSA) is 47.3 Å². The van der Waals surface area contributed by atoms with E-state index >= 15 is 0 Å². The van der Waals surface area contributed by atoms with Crippen LogP contribution in [0.5, 0.6) is 0 Å². The molecule has 0 spiro atoms. The second kappa shape index (κ2) is 8.40. The van der Waals surface area contributed by atoms with Gasteiger partial charge in [0.15, 0.2) is 0 Å². The third-order valence-electron chi connectivity index (χ3n) is 4.36. The monoisotopic (exact) mass is 276 g/mol. The summed E-state index contributed by atoms with van der Waals surface area (Å²) in [6, 6.07) is 9.02. The van der Waals surface area contributed by atoms with Gasteiger partial charge in [-0.1, -0.05) is 24.3 Å². The van der Waals surface area contributed by atoms with Gasteiger partial charge in [0, 0.05) is 12.6 Å². The Kier molecular flexibility index (Phi) is 6.51. The maximum absolute atomic E-state index is 5.69. The van der Waals surface area contributed by atoms with Crippen LogP contribution in [0.3, 0.4) is 0 Å². The van der Waals surface area contributed by atoms with Gasteiger partial charge in [-0.05, 0) is 63.0 Å². The van der Waals surface area contributed by atoms with Crippen molar-refractivity contribution in [2.75, 3.05) is 6.61 Å². The molecule has 3 nitrogen and oxygen atoms in total. The Balaban J connectivity index is 1.68. The first-order valence-electron chi connectivity index (χ1n) is 7.92. The van der Waals surface area contributed by atoms with Crippen molar-refractivity contribution in [1.82, 2.24) is 5.43 Å². The lowest BCUT2D eigenvalue weighted by atomic mass is 9.98. The highest BCUT2D eigenvalue weighted by Crippen LogP contribution is 2.19. The van der Waals surface area contributed by atoms with E-state index in [2.05, 4.69) is 36.6 Å². The van der Waals surface area contributed by atoms with Crippen LogP contribution < -0.4 is 11.3 Å². The lowest BCUT2D eigenvalue weighted by Crippen LogP contribution is -2.35. The predicted octanol–water partition coefficient (Wildman–Crippen LogP) is 3.11. The van der Waals surface area contributed by atoms with E-state index in [4.69, 9.17) is 10.6 Å². The zero-order valence-corrected chi connectivity index (χ0v) is 12.6. The molecule has 1 aliphatic rings. The molecule has 0 bridgehead atoms. The third-order valence-corrected chi connectivity index (χ3v) is 4.36. The summed E-state index contributed by atoms with van der Waals surface area (Å²) in [6.45, 7) is 3.13. The molecule has 0 aliphatic carbocycles. The van der Waals surface area contributed by atoms with E-state index in [1.165, 1.54) is 36.8 Å². The van der Waals surface area contributed by atoms with E-state index in [1.807, 2.05) is 0 Å². The molecule has 1 aromatic carbocycles. The van der Waals surface area contributed by atoms with Crippen molar-refractivity contribution >= 4 is 0 Å². The minimum absolute atomic E-state index is 0.413. The molecular formula is C17H28N2O. The highest BCUT2D eigenvalue weighted by Gasteiger charge is 2.16. The van der Waals surface area contributed by atoms with Gasteiger partial charge >= 0.3 is 0 Å². The summed E-state index contributed by atoms with van der Waals surface area (Å²) in [5.74, 6) is 5.69. The summed E-state index contributed by atoms with van der Waals surface area (Å²) in [5, 5.41) is 0. The summed E-state index contributed by atoms with van der Waals surface area (Å²) in [7, 11) is 0. The Morgan fingerprint density at radius 3 is 2.90 bits per heavy atom. The third kappa shape index (κ3) is 4.89. The van der Waals surface area contributed by atoms with Gasteiger partial charge in [0.25, 0.3) is 0 Å². The van der Waals surface area contributed by atoms with Crippen molar-refractivity contribution < 1.29 is 4.74 Å². The van der Waals surface area contributed by atoms with Crippen LogP contribution >= 0.6 is 0 Å². The standard InChI is InChI=1S/C17H28N2O/c1-14-6-2-3-7-15(14)11-12-16(19-18)8-4-9-17-10-5-13-20-17/h2-3,6-7,16-17,19H,4-5,8-13,18H2,1H3. The lowest BCUT2D eigenvalue weighted by molar-refractivity contribution is 0.101. The van der Waals surface area contributed by atoms with E-state index in [0.29, 0.717) is 12.1 Å². The predicted molar refractivity (Wildman–Crippen MR) is 83.4 cm³/mol. The molecule has 1 heterocycles. The zero-order chi connectivity index (χ0) is 14.2. The normalized spacial score (nSPS) is 20.2. The largest absolute Gasteiger partial charge is 0.378 e. The molecule has 20 heavy (non-hydrogen) atoms. The SMILES string of the molecule is Cc1ccccc1CCC(CCCC1CCCO1)NN. The van der Waals surface area contributed by atoms with Crippen LogP contribution in [0.15, 0.2) is 24.3 Å². The van der Waals surface area contributed by atoms with Crippen molar-refractivity contribution in [3.8, 4) is 0 Å². The van der Waals surface area contributed by atoms with Gasteiger partial charge < -0.3 is 4.74 Å². The molecule has 0 aromatic heterocycles. The molecule has 1 saturated heterocycles. The van der Waals surface area contributed by atoms with Gasteiger partial charge in [-0.25, -0.2) is 0 Å². The molecule has 1 aromatic rings. The van der Waals surface area contributed by atoms with Crippen molar-refractivity contribution in [3.63, 3.8) is 0 Å². The Morgan fingerprint density at radius 2 is 2.20 bits per heavy atom. The highest BCUT2D eigenvalue weighted by atomic mass is 16.5. The van der Waals surface area contributed by atoms with Gasteiger partial charge in [0.2, 0.25) is 0 Å². The number of rotatable bonds is 8. The van der Waals surface area contributed by atoms with Gasteiger partial charge in [-0.15, -0.1) is 0 Å². The summed E-state index contributed by atoms with van der Waals surface area (Å²) in [5.41, 5.74) is 5.79. The number of hydrazine groups is 1. The molecule has 0 saturated carbocycles. The average molecular weight is 276 g/mol. The quantitative estimate of drug-likeness (QED) is 0.566.